The number of imidazole rings is 1. The molecule has 3 rings (SSSR count). The highest BCUT2D eigenvalue weighted by Gasteiger charge is 2.71. The van der Waals surface area contributed by atoms with Crippen molar-refractivity contribution < 1.29 is 46.1 Å². The van der Waals surface area contributed by atoms with Crippen LogP contribution in [0.2, 0.25) is 0 Å². The van der Waals surface area contributed by atoms with E-state index < -0.39 is 41.4 Å². The lowest BCUT2D eigenvalue weighted by atomic mass is 9.91. The second-order valence-electron chi connectivity index (χ2n) is 8.47. The molecule has 1 atom stereocenters. The summed E-state index contributed by atoms with van der Waals surface area (Å²) in [5.74, 6) is -2.03. The zero-order valence-electron chi connectivity index (χ0n) is 20.1. The number of amides is 1. The standard InChI is InChI=1S/C25H23F6N3O4/c1-3-13-34-19(21(35)32-14(2)22(36)37)18(15-7-5-4-6-8-15)33-20(34)16-9-11-17(12-10-16)23(38,24(26,27)28)25(29,30)31/h4-12,14,38H,3,13H2,1-2H3,(H,32,35)(H,36,37). The minimum atomic E-state index is -6.04. The lowest BCUT2D eigenvalue weighted by Gasteiger charge is -2.32. The van der Waals surface area contributed by atoms with Crippen LogP contribution in [0.25, 0.3) is 22.6 Å². The number of carboxylic acid groups (broad SMARTS) is 1. The van der Waals surface area contributed by atoms with Gasteiger partial charge in [-0.3, -0.25) is 9.59 Å². The molecule has 1 heterocycles. The summed E-state index contributed by atoms with van der Waals surface area (Å²) in [6.45, 7) is 3.19. The Hall–Kier alpha value is -3.87. The summed E-state index contributed by atoms with van der Waals surface area (Å²) < 4.78 is 81.2. The van der Waals surface area contributed by atoms with Gasteiger partial charge in [0, 0.05) is 23.2 Å². The van der Waals surface area contributed by atoms with Crippen LogP contribution in [0.15, 0.2) is 54.6 Å². The first-order valence-electron chi connectivity index (χ1n) is 11.3. The number of carbonyl (C=O) groups is 2. The smallest absolute Gasteiger partial charge is 0.430 e. The monoisotopic (exact) mass is 543 g/mol. The van der Waals surface area contributed by atoms with E-state index in [1.54, 1.807) is 37.3 Å². The molecule has 0 saturated heterocycles. The zero-order chi connectivity index (χ0) is 28.5. The number of benzene rings is 2. The third-order valence-electron chi connectivity index (χ3n) is 5.78. The number of alkyl halides is 6. The highest BCUT2D eigenvalue weighted by atomic mass is 19.4. The number of carbonyl (C=O) groups excluding carboxylic acids is 1. The molecule has 38 heavy (non-hydrogen) atoms. The third-order valence-corrected chi connectivity index (χ3v) is 5.78. The minimum Gasteiger partial charge on any atom is -0.480 e. The summed E-state index contributed by atoms with van der Waals surface area (Å²) in [5, 5.41) is 21.2. The number of aliphatic hydroxyl groups is 1. The molecule has 3 N–H and O–H groups in total. The van der Waals surface area contributed by atoms with Gasteiger partial charge >= 0.3 is 18.3 Å². The Kier molecular flexibility index (Phi) is 7.91. The Morgan fingerprint density at radius 1 is 0.947 bits per heavy atom. The van der Waals surface area contributed by atoms with Crippen LogP contribution >= 0.6 is 0 Å². The summed E-state index contributed by atoms with van der Waals surface area (Å²) in [6, 6.07) is 9.91. The maximum atomic E-state index is 13.3. The van der Waals surface area contributed by atoms with Gasteiger partial charge in [0.15, 0.2) is 0 Å². The summed E-state index contributed by atoms with van der Waals surface area (Å²) in [6.07, 6.45) is -11.6. The van der Waals surface area contributed by atoms with Gasteiger partial charge in [-0.1, -0.05) is 61.5 Å². The van der Waals surface area contributed by atoms with E-state index in [4.69, 9.17) is 0 Å². The molecule has 0 radical (unpaired) electrons. The first-order chi connectivity index (χ1) is 17.6. The van der Waals surface area contributed by atoms with Gasteiger partial charge in [-0.05, 0) is 13.3 Å². The molecule has 0 bridgehead atoms. The van der Waals surface area contributed by atoms with Gasteiger partial charge in [-0.25, -0.2) is 4.98 Å². The van der Waals surface area contributed by atoms with Crippen LogP contribution in [-0.4, -0.2) is 50.0 Å². The van der Waals surface area contributed by atoms with E-state index in [9.17, 15) is 46.1 Å². The van der Waals surface area contributed by atoms with Crippen molar-refractivity contribution in [2.75, 3.05) is 0 Å². The molecule has 2 aromatic carbocycles. The normalized spacial score (nSPS) is 13.3. The maximum absolute atomic E-state index is 13.3. The molecule has 7 nitrogen and oxygen atoms in total. The van der Waals surface area contributed by atoms with Crippen LogP contribution in [0.5, 0.6) is 0 Å². The van der Waals surface area contributed by atoms with Gasteiger partial charge in [-0.2, -0.15) is 26.3 Å². The average Bonchev–Trinajstić information content (AvgIpc) is 3.22. The number of nitrogens with one attached hydrogen (secondary N) is 1. The highest BCUT2D eigenvalue weighted by Crippen LogP contribution is 2.50. The number of rotatable bonds is 8. The van der Waals surface area contributed by atoms with Crippen molar-refractivity contribution in [2.45, 2.75) is 50.8 Å². The van der Waals surface area contributed by atoms with E-state index in [1.807, 2.05) is 0 Å². The number of aromatic nitrogens is 2. The summed E-state index contributed by atoms with van der Waals surface area (Å²) in [7, 11) is 0. The van der Waals surface area contributed by atoms with Crippen LogP contribution in [0.4, 0.5) is 26.3 Å². The maximum Gasteiger partial charge on any atom is 0.430 e. The Bertz CT molecular complexity index is 1290. The molecule has 1 aromatic heterocycles. The molecular weight excluding hydrogens is 520 g/mol. The van der Waals surface area contributed by atoms with E-state index in [1.165, 1.54) is 11.5 Å². The first-order valence-corrected chi connectivity index (χ1v) is 11.3. The molecule has 1 unspecified atom stereocenters. The van der Waals surface area contributed by atoms with E-state index in [-0.39, 0.29) is 29.3 Å². The minimum absolute atomic E-state index is 0.0349. The molecule has 3 aromatic rings. The van der Waals surface area contributed by atoms with E-state index in [0.29, 0.717) is 24.1 Å². The summed E-state index contributed by atoms with van der Waals surface area (Å²) in [5.41, 5.74) is -5.90. The van der Waals surface area contributed by atoms with Gasteiger partial charge in [0.05, 0.1) is 0 Å². The topological polar surface area (TPSA) is 104 Å². The lowest BCUT2D eigenvalue weighted by Crippen LogP contribution is -2.53. The van der Waals surface area contributed by atoms with Crippen LogP contribution in [0.1, 0.15) is 36.3 Å². The number of hydrogen-bond acceptors (Lipinski definition) is 4. The third kappa shape index (κ3) is 5.23. The van der Waals surface area contributed by atoms with Crippen molar-refractivity contribution >= 4 is 11.9 Å². The van der Waals surface area contributed by atoms with Gasteiger partial charge in [0.25, 0.3) is 11.5 Å². The molecule has 0 aliphatic rings. The Morgan fingerprint density at radius 2 is 1.50 bits per heavy atom. The van der Waals surface area contributed by atoms with Crippen LogP contribution in [0, 0.1) is 0 Å². The number of hydrogen-bond donors (Lipinski definition) is 3. The fourth-order valence-corrected chi connectivity index (χ4v) is 3.82. The van der Waals surface area contributed by atoms with Gasteiger partial charge in [0.2, 0.25) is 0 Å². The Morgan fingerprint density at radius 3 is 1.97 bits per heavy atom. The van der Waals surface area contributed by atoms with E-state index >= 15 is 0 Å². The van der Waals surface area contributed by atoms with Crippen LogP contribution in [-0.2, 0) is 16.9 Å². The fourth-order valence-electron chi connectivity index (χ4n) is 3.82. The quantitative estimate of drug-likeness (QED) is 0.342. The van der Waals surface area contributed by atoms with Crippen molar-refractivity contribution in [1.29, 1.82) is 0 Å². The SMILES string of the molecule is CCCn1c(-c2ccc(C(O)(C(F)(F)F)C(F)(F)F)cc2)nc(-c2ccccc2)c1C(=O)NC(C)C(=O)O. The molecule has 0 fully saturated rings. The molecule has 0 aliphatic heterocycles. The molecular formula is C25H23F6N3O4. The number of nitrogens with zero attached hydrogens (tertiary/aromatic N) is 2. The first kappa shape index (κ1) is 28.7. The highest BCUT2D eigenvalue weighted by molar-refractivity contribution is 6.01. The van der Waals surface area contributed by atoms with Gasteiger partial charge in [0.1, 0.15) is 23.3 Å². The van der Waals surface area contributed by atoms with Crippen molar-refractivity contribution in [1.82, 2.24) is 14.9 Å². The summed E-state index contributed by atoms with van der Waals surface area (Å²) >= 11 is 0. The van der Waals surface area contributed by atoms with Gasteiger partial charge < -0.3 is 20.1 Å². The average molecular weight is 543 g/mol. The molecule has 0 spiro atoms. The predicted octanol–water partition coefficient (Wildman–Crippen LogP) is 5.14. The molecule has 0 saturated carbocycles. The van der Waals surface area contributed by atoms with Crippen LogP contribution < -0.4 is 5.32 Å². The number of halogens is 6. The second kappa shape index (κ2) is 10.5. The van der Waals surface area contributed by atoms with Crippen LogP contribution in [0.3, 0.4) is 0 Å². The lowest BCUT2D eigenvalue weighted by molar-refractivity contribution is -0.376. The largest absolute Gasteiger partial charge is 0.480 e. The van der Waals surface area contributed by atoms with Crippen molar-refractivity contribution in [2.24, 2.45) is 0 Å². The van der Waals surface area contributed by atoms with Gasteiger partial charge in [-0.15, -0.1) is 0 Å². The fraction of sp³-hybridized carbons (Fsp3) is 0.320. The summed E-state index contributed by atoms with van der Waals surface area (Å²) in [4.78, 5) is 29.0. The molecule has 1 amide bonds. The Balaban J connectivity index is 2.21. The van der Waals surface area contributed by atoms with Crippen molar-refractivity contribution in [3.8, 4) is 22.6 Å². The molecule has 0 aliphatic carbocycles. The van der Waals surface area contributed by atoms with E-state index in [2.05, 4.69) is 10.3 Å². The zero-order valence-corrected chi connectivity index (χ0v) is 20.1. The van der Waals surface area contributed by atoms with Crippen molar-refractivity contribution in [3.05, 3.63) is 65.9 Å². The number of carboxylic acids is 1. The molecule has 204 valence electrons. The predicted molar refractivity (Wildman–Crippen MR) is 124 cm³/mol. The van der Waals surface area contributed by atoms with E-state index in [0.717, 1.165) is 12.1 Å². The second-order valence-corrected chi connectivity index (χ2v) is 8.47. The Labute approximate surface area is 212 Å². The molecule has 13 heteroatoms. The van der Waals surface area contributed by atoms with Crippen molar-refractivity contribution in [3.63, 3.8) is 0 Å². The number of aliphatic carboxylic acids is 1.